The Morgan fingerprint density at radius 3 is 2.90 bits per heavy atom. The average molecular weight is 293 g/mol. The lowest BCUT2D eigenvalue weighted by molar-refractivity contribution is 0.0471. The second-order valence-corrected chi connectivity index (χ2v) is 4.36. The first-order valence-electron chi connectivity index (χ1n) is 5.82. The third-order valence-electron chi connectivity index (χ3n) is 2.67. The Labute approximate surface area is 121 Å². The molecule has 0 unspecified atom stereocenters. The Morgan fingerprint density at radius 1 is 1.35 bits per heavy atom. The molecule has 2 aromatic rings. The molecule has 0 radical (unpaired) electrons. The molecule has 1 aromatic heterocycles. The van der Waals surface area contributed by atoms with Crippen molar-refractivity contribution in [1.82, 2.24) is 4.98 Å². The lowest BCUT2D eigenvalue weighted by Gasteiger charge is -2.09. The highest BCUT2D eigenvalue weighted by atomic mass is 35.5. The molecule has 0 aliphatic carbocycles. The van der Waals surface area contributed by atoms with Crippen molar-refractivity contribution in [3.05, 3.63) is 52.7 Å². The van der Waals surface area contributed by atoms with Gasteiger partial charge >= 0.3 is 5.97 Å². The number of nitrogens with two attached hydrogens (primary N) is 1. The van der Waals surface area contributed by atoms with Crippen LogP contribution in [0.15, 0.2) is 36.5 Å². The number of anilines is 1. The highest BCUT2D eigenvalue weighted by molar-refractivity contribution is 6.33. The minimum Gasteiger partial charge on any atom is -0.481 e. The number of halogens is 1. The molecule has 0 aliphatic rings. The summed E-state index contributed by atoms with van der Waals surface area (Å²) in [6.45, 7) is 0.0435. The van der Waals surface area contributed by atoms with Crippen LogP contribution < -0.4 is 10.5 Å². The normalized spacial score (nSPS) is 10.1. The van der Waals surface area contributed by atoms with E-state index in [9.17, 15) is 4.79 Å². The molecule has 0 fully saturated rings. The van der Waals surface area contributed by atoms with Gasteiger partial charge < -0.3 is 15.2 Å². The van der Waals surface area contributed by atoms with E-state index in [2.05, 4.69) is 4.98 Å². The third-order valence-corrected chi connectivity index (χ3v) is 3.00. The van der Waals surface area contributed by atoms with Crippen molar-refractivity contribution in [2.45, 2.75) is 6.61 Å². The molecule has 20 heavy (non-hydrogen) atoms. The number of ether oxygens (including phenoxy) is 2. The second kappa shape index (κ2) is 6.25. The summed E-state index contributed by atoms with van der Waals surface area (Å²) in [5.74, 6) is -0.129. The van der Waals surface area contributed by atoms with Crippen molar-refractivity contribution in [3.8, 4) is 5.88 Å². The first-order valence-corrected chi connectivity index (χ1v) is 6.20. The zero-order valence-corrected chi connectivity index (χ0v) is 11.6. The number of nitrogen functional groups attached to an aromatic ring is 1. The highest BCUT2D eigenvalue weighted by Gasteiger charge is 2.14. The summed E-state index contributed by atoms with van der Waals surface area (Å²) in [7, 11) is 1.50. The van der Waals surface area contributed by atoms with Gasteiger partial charge in [-0.05, 0) is 24.3 Å². The summed E-state index contributed by atoms with van der Waals surface area (Å²) >= 11 is 5.86. The van der Waals surface area contributed by atoms with Crippen molar-refractivity contribution in [2.75, 3.05) is 12.8 Å². The summed E-state index contributed by atoms with van der Waals surface area (Å²) in [5.41, 5.74) is 6.85. The molecular formula is C14H13ClN2O3. The molecule has 5 nitrogen and oxygen atoms in total. The lowest BCUT2D eigenvalue weighted by Crippen LogP contribution is -2.09. The average Bonchev–Trinajstić information content (AvgIpc) is 2.48. The van der Waals surface area contributed by atoms with Gasteiger partial charge in [-0.3, -0.25) is 0 Å². The zero-order chi connectivity index (χ0) is 14.5. The van der Waals surface area contributed by atoms with Gasteiger partial charge in [-0.1, -0.05) is 17.7 Å². The summed E-state index contributed by atoms with van der Waals surface area (Å²) in [6.07, 6.45) is 1.60. The van der Waals surface area contributed by atoms with Crippen molar-refractivity contribution in [1.29, 1.82) is 0 Å². The van der Waals surface area contributed by atoms with Crippen LogP contribution in [0.25, 0.3) is 0 Å². The summed E-state index contributed by atoms with van der Waals surface area (Å²) < 4.78 is 10.3. The highest BCUT2D eigenvalue weighted by Crippen LogP contribution is 2.23. The van der Waals surface area contributed by atoms with E-state index in [0.29, 0.717) is 16.5 Å². The number of methoxy groups -OCH3 is 1. The Kier molecular flexibility index (Phi) is 4.42. The Morgan fingerprint density at radius 2 is 2.15 bits per heavy atom. The van der Waals surface area contributed by atoms with Crippen LogP contribution in [0.2, 0.25) is 5.02 Å². The maximum Gasteiger partial charge on any atom is 0.340 e. The predicted octanol–water partition coefficient (Wildman–Crippen LogP) is 2.68. The summed E-state index contributed by atoms with van der Waals surface area (Å²) in [6, 6.07) is 8.31. The van der Waals surface area contributed by atoms with Crippen molar-refractivity contribution in [3.63, 3.8) is 0 Å². The Balaban J connectivity index is 2.11. The molecule has 0 atom stereocenters. The van der Waals surface area contributed by atoms with Crippen LogP contribution in [0.3, 0.4) is 0 Å². The first-order chi connectivity index (χ1) is 9.63. The number of hydrogen-bond donors (Lipinski definition) is 1. The minimum atomic E-state index is -0.545. The molecule has 1 aromatic carbocycles. The number of carbonyl (C=O) groups is 1. The molecule has 6 heteroatoms. The number of para-hydroxylation sites is 1. The van der Waals surface area contributed by atoms with E-state index >= 15 is 0 Å². The van der Waals surface area contributed by atoms with Gasteiger partial charge in [-0.2, -0.15) is 0 Å². The molecule has 0 bridgehead atoms. The van der Waals surface area contributed by atoms with E-state index in [0.717, 1.165) is 0 Å². The van der Waals surface area contributed by atoms with Gasteiger partial charge in [0, 0.05) is 6.20 Å². The van der Waals surface area contributed by atoms with Crippen LogP contribution in [0.5, 0.6) is 5.88 Å². The van der Waals surface area contributed by atoms with Crippen LogP contribution >= 0.6 is 11.6 Å². The summed E-state index contributed by atoms with van der Waals surface area (Å²) in [5, 5.41) is 0.318. The topological polar surface area (TPSA) is 74.4 Å². The van der Waals surface area contributed by atoms with E-state index in [1.54, 1.807) is 36.5 Å². The number of hydrogen-bond acceptors (Lipinski definition) is 5. The number of carbonyl (C=O) groups excluding carboxylic acids is 1. The smallest absolute Gasteiger partial charge is 0.340 e. The lowest BCUT2D eigenvalue weighted by atomic mass is 10.2. The van der Waals surface area contributed by atoms with E-state index in [4.69, 9.17) is 26.8 Å². The number of aromatic nitrogens is 1. The van der Waals surface area contributed by atoms with Gasteiger partial charge in [0.05, 0.1) is 28.9 Å². The Bertz CT molecular complexity index is 632. The van der Waals surface area contributed by atoms with E-state index in [1.807, 2.05) is 0 Å². The molecule has 1 heterocycles. The van der Waals surface area contributed by atoms with Crippen molar-refractivity contribution < 1.29 is 14.3 Å². The molecule has 0 aliphatic heterocycles. The maximum atomic E-state index is 12.0. The first kappa shape index (κ1) is 14.1. The maximum absolute atomic E-state index is 12.0. The van der Waals surface area contributed by atoms with Gasteiger partial charge in [0.15, 0.2) is 0 Å². The predicted molar refractivity (Wildman–Crippen MR) is 75.8 cm³/mol. The van der Waals surface area contributed by atoms with Gasteiger partial charge in [0.1, 0.15) is 6.61 Å². The van der Waals surface area contributed by atoms with Crippen LogP contribution in [-0.4, -0.2) is 18.1 Å². The zero-order valence-electron chi connectivity index (χ0n) is 10.8. The quantitative estimate of drug-likeness (QED) is 0.693. The van der Waals surface area contributed by atoms with Crippen LogP contribution in [0.1, 0.15) is 15.9 Å². The van der Waals surface area contributed by atoms with Gasteiger partial charge in [-0.25, -0.2) is 9.78 Å². The monoisotopic (exact) mass is 292 g/mol. The molecule has 0 saturated carbocycles. The molecular weight excluding hydrogens is 280 g/mol. The Hall–Kier alpha value is -2.27. The van der Waals surface area contributed by atoms with Crippen LogP contribution in [0, 0.1) is 0 Å². The molecule has 2 rings (SSSR count). The molecule has 2 N–H and O–H groups in total. The number of benzene rings is 1. The number of esters is 1. The van der Waals surface area contributed by atoms with E-state index in [-0.39, 0.29) is 17.9 Å². The van der Waals surface area contributed by atoms with Crippen LogP contribution in [-0.2, 0) is 11.3 Å². The number of pyridine rings is 1. The molecule has 104 valence electrons. The molecule has 0 saturated heterocycles. The van der Waals surface area contributed by atoms with Crippen molar-refractivity contribution in [2.24, 2.45) is 0 Å². The summed E-state index contributed by atoms with van der Waals surface area (Å²) in [4.78, 5) is 16.0. The minimum absolute atomic E-state index is 0.0435. The number of nitrogens with zero attached hydrogens (tertiary/aromatic N) is 1. The fourth-order valence-corrected chi connectivity index (χ4v) is 1.83. The second-order valence-electron chi connectivity index (χ2n) is 3.95. The van der Waals surface area contributed by atoms with Crippen molar-refractivity contribution >= 4 is 23.3 Å². The third kappa shape index (κ3) is 3.00. The van der Waals surface area contributed by atoms with Gasteiger partial charge in [0.25, 0.3) is 0 Å². The largest absolute Gasteiger partial charge is 0.481 e. The SMILES string of the molecule is COc1ncccc1COC(=O)c1cccc(Cl)c1N. The van der Waals surface area contributed by atoms with E-state index < -0.39 is 5.97 Å². The van der Waals surface area contributed by atoms with Gasteiger partial charge in [-0.15, -0.1) is 0 Å². The van der Waals surface area contributed by atoms with Crippen LogP contribution in [0.4, 0.5) is 5.69 Å². The molecule has 0 spiro atoms. The number of rotatable bonds is 4. The fraction of sp³-hybridized carbons (Fsp3) is 0.143. The van der Waals surface area contributed by atoms with E-state index in [1.165, 1.54) is 7.11 Å². The standard InChI is InChI=1S/C14H13ClN2O3/c1-19-13-9(4-3-7-17-13)8-20-14(18)10-5-2-6-11(15)12(10)16/h2-7H,8,16H2,1H3. The van der Waals surface area contributed by atoms with Gasteiger partial charge in [0.2, 0.25) is 5.88 Å². The fourth-order valence-electron chi connectivity index (χ4n) is 1.65. The molecule has 0 amide bonds.